The summed E-state index contributed by atoms with van der Waals surface area (Å²) in [7, 11) is 0. The first-order valence-corrected chi connectivity index (χ1v) is 5.88. The largest absolute Gasteiger partial charge is 0.479 e. The quantitative estimate of drug-likeness (QED) is 0.685. The van der Waals surface area contributed by atoms with E-state index in [9.17, 15) is 18.4 Å². The molecule has 0 heterocycles. The Kier molecular flexibility index (Phi) is 5.01. The van der Waals surface area contributed by atoms with Crippen molar-refractivity contribution in [3.8, 4) is 0 Å². The molecule has 2 unspecified atom stereocenters. The van der Waals surface area contributed by atoms with E-state index in [1.807, 2.05) is 0 Å². The van der Waals surface area contributed by atoms with Gasteiger partial charge in [-0.25, -0.2) is 13.6 Å². The second kappa shape index (κ2) is 6.08. The number of hydrogen-bond acceptors (Lipinski definition) is 3. The third kappa shape index (κ3) is 4.56. The van der Waals surface area contributed by atoms with Crippen LogP contribution < -0.4 is 5.32 Å². The fourth-order valence-electron chi connectivity index (χ4n) is 2.00. The minimum atomic E-state index is -2.79. The zero-order valence-electron chi connectivity index (χ0n) is 9.86. The van der Waals surface area contributed by atoms with Gasteiger partial charge in [-0.2, -0.15) is 0 Å². The Morgan fingerprint density at radius 3 is 2.67 bits per heavy atom. The van der Waals surface area contributed by atoms with E-state index in [4.69, 9.17) is 10.2 Å². The topological polar surface area (TPSA) is 86.6 Å². The van der Waals surface area contributed by atoms with E-state index in [0.717, 1.165) is 0 Å². The summed E-state index contributed by atoms with van der Waals surface area (Å²) >= 11 is 0. The summed E-state index contributed by atoms with van der Waals surface area (Å²) in [5, 5.41) is 19.7. The van der Waals surface area contributed by atoms with Crippen LogP contribution in [0.15, 0.2) is 0 Å². The average molecular weight is 265 g/mol. The van der Waals surface area contributed by atoms with Crippen LogP contribution in [0.2, 0.25) is 0 Å². The maximum atomic E-state index is 13.1. The van der Waals surface area contributed by atoms with Crippen molar-refractivity contribution in [1.29, 1.82) is 0 Å². The molecule has 1 rings (SSSR count). The molecule has 0 radical (unpaired) electrons. The molecule has 7 heteroatoms. The van der Waals surface area contributed by atoms with Gasteiger partial charge in [0.2, 0.25) is 11.8 Å². The Bertz CT molecular complexity index is 322. The number of carbonyl (C=O) groups excluding carboxylic acids is 1. The van der Waals surface area contributed by atoms with Crippen LogP contribution in [-0.4, -0.2) is 40.7 Å². The number of carboxylic acids is 1. The number of amides is 1. The Morgan fingerprint density at radius 1 is 1.44 bits per heavy atom. The van der Waals surface area contributed by atoms with Gasteiger partial charge >= 0.3 is 5.97 Å². The average Bonchev–Trinajstić information content (AvgIpc) is 2.27. The zero-order valence-corrected chi connectivity index (χ0v) is 9.86. The van der Waals surface area contributed by atoms with Crippen LogP contribution >= 0.6 is 0 Å². The third-order valence-corrected chi connectivity index (χ3v) is 3.01. The number of aliphatic hydroxyl groups is 1. The number of nitrogens with one attached hydrogen (secondary N) is 1. The molecule has 5 nitrogen and oxygen atoms in total. The predicted octanol–water partition coefficient (Wildman–Crippen LogP) is 0.764. The lowest BCUT2D eigenvalue weighted by Crippen LogP contribution is -2.38. The number of halogens is 2. The summed E-state index contributed by atoms with van der Waals surface area (Å²) in [6.45, 7) is -0.0334. The van der Waals surface area contributed by atoms with Gasteiger partial charge in [0.15, 0.2) is 6.10 Å². The van der Waals surface area contributed by atoms with Gasteiger partial charge in [0.1, 0.15) is 0 Å². The maximum absolute atomic E-state index is 13.1. The van der Waals surface area contributed by atoms with Gasteiger partial charge in [0.25, 0.3) is 0 Å². The smallest absolute Gasteiger partial charge is 0.332 e. The highest BCUT2D eigenvalue weighted by Gasteiger charge is 2.38. The molecule has 104 valence electrons. The summed E-state index contributed by atoms with van der Waals surface area (Å²) in [6.07, 6.45) is -1.59. The van der Waals surface area contributed by atoms with Gasteiger partial charge in [-0.05, 0) is 12.8 Å². The third-order valence-electron chi connectivity index (χ3n) is 3.01. The molecule has 0 bridgehead atoms. The van der Waals surface area contributed by atoms with Crippen LogP contribution in [0.4, 0.5) is 8.78 Å². The number of alkyl halides is 2. The second-order valence-corrected chi connectivity index (χ2v) is 4.58. The molecular weight excluding hydrogens is 248 g/mol. The van der Waals surface area contributed by atoms with Gasteiger partial charge < -0.3 is 15.5 Å². The van der Waals surface area contributed by atoms with E-state index in [-0.39, 0.29) is 19.4 Å². The van der Waals surface area contributed by atoms with Crippen LogP contribution in [0.5, 0.6) is 0 Å². The van der Waals surface area contributed by atoms with Crippen molar-refractivity contribution in [3.63, 3.8) is 0 Å². The van der Waals surface area contributed by atoms with Crippen molar-refractivity contribution in [3.05, 3.63) is 0 Å². The van der Waals surface area contributed by atoms with Crippen molar-refractivity contribution in [1.82, 2.24) is 5.32 Å². The highest BCUT2D eigenvalue weighted by atomic mass is 19.3. The highest BCUT2D eigenvalue weighted by Crippen LogP contribution is 2.36. The predicted molar refractivity (Wildman–Crippen MR) is 58.2 cm³/mol. The molecule has 1 amide bonds. The first-order chi connectivity index (χ1) is 8.32. The lowest BCUT2D eigenvalue weighted by molar-refractivity contribution is -0.147. The molecule has 0 spiro atoms. The number of hydrogen-bond donors (Lipinski definition) is 3. The molecule has 1 aliphatic carbocycles. The van der Waals surface area contributed by atoms with E-state index < -0.39 is 36.2 Å². The first-order valence-electron chi connectivity index (χ1n) is 5.88. The SMILES string of the molecule is O=C(O)C(O)CCNC(=O)C1CCCC(F)(F)C1. The Balaban J connectivity index is 2.30. The lowest BCUT2D eigenvalue weighted by Gasteiger charge is -2.28. The fraction of sp³-hybridized carbons (Fsp3) is 0.818. The van der Waals surface area contributed by atoms with E-state index >= 15 is 0 Å². The van der Waals surface area contributed by atoms with Crippen molar-refractivity contribution in [2.75, 3.05) is 6.54 Å². The molecule has 3 N–H and O–H groups in total. The number of aliphatic hydroxyl groups excluding tert-OH is 1. The molecule has 0 aromatic carbocycles. The summed E-state index contributed by atoms with van der Waals surface area (Å²) in [5.74, 6) is -5.38. The van der Waals surface area contributed by atoms with Crippen LogP contribution in [-0.2, 0) is 9.59 Å². The van der Waals surface area contributed by atoms with Gasteiger partial charge in [-0.3, -0.25) is 4.79 Å². The molecule has 1 aliphatic rings. The monoisotopic (exact) mass is 265 g/mol. The van der Waals surface area contributed by atoms with Crippen molar-refractivity contribution < 1.29 is 28.6 Å². The van der Waals surface area contributed by atoms with Crippen molar-refractivity contribution >= 4 is 11.9 Å². The highest BCUT2D eigenvalue weighted by molar-refractivity contribution is 5.79. The standard InChI is InChI=1S/C11H17F2NO4/c12-11(13)4-1-2-7(6-11)9(16)14-5-3-8(15)10(17)18/h7-8,15H,1-6H2,(H,14,16)(H,17,18). The van der Waals surface area contributed by atoms with E-state index in [1.54, 1.807) is 0 Å². The molecule has 0 saturated heterocycles. The van der Waals surface area contributed by atoms with E-state index in [2.05, 4.69) is 5.32 Å². The Morgan fingerprint density at radius 2 is 2.11 bits per heavy atom. The molecule has 0 aromatic rings. The summed E-state index contributed by atoms with van der Waals surface area (Å²) < 4.78 is 26.1. The normalized spacial score (nSPS) is 24.3. The van der Waals surface area contributed by atoms with Crippen LogP contribution in [0.1, 0.15) is 32.1 Å². The molecule has 0 aromatic heterocycles. The number of carbonyl (C=O) groups is 2. The zero-order chi connectivity index (χ0) is 13.8. The van der Waals surface area contributed by atoms with Gasteiger partial charge in [0.05, 0.1) is 0 Å². The minimum absolute atomic E-state index is 0.0334. The Labute approximate surface area is 103 Å². The van der Waals surface area contributed by atoms with Crippen LogP contribution in [0.25, 0.3) is 0 Å². The molecule has 0 aliphatic heterocycles. The number of aliphatic carboxylic acids is 1. The van der Waals surface area contributed by atoms with E-state index in [0.29, 0.717) is 12.8 Å². The molecule has 1 fully saturated rings. The minimum Gasteiger partial charge on any atom is -0.479 e. The molecule has 2 atom stereocenters. The summed E-state index contributed by atoms with van der Waals surface area (Å²) in [4.78, 5) is 21.9. The molecule has 1 saturated carbocycles. The summed E-state index contributed by atoms with van der Waals surface area (Å²) in [6, 6.07) is 0. The van der Waals surface area contributed by atoms with Crippen molar-refractivity contribution in [2.45, 2.75) is 44.1 Å². The van der Waals surface area contributed by atoms with Gasteiger partial charge in [-0.15, -0.1) is 0 Å². The fourth-order valence-corrected chi connectivity index (χ4v) is 2.00. The molecular formula is C11H17F2NO4. The summed E-state index contributed by atoms with van der Waals surface area (Å²) in [5.41, 5.74) is 0. The van der Waals surface area contributed by atoms with E-state index in [1.165, 1.54) is 0 Å². The van der Waals surface area contributed by atoms with Crippen LogP contribution in [0.3, 0.4) is 0 Å². The van der Waals surface area contributed by atoms with Gasteiger partial charge in [-0.1, -0.05) is 0 Å². The second-order valence-electron chi connectivity index (χ2n) is 4.58. The molecule has 18 heavy (non-hydrogen) atoms. The van der Waals surface area contributed by atoms with Crippen LogP contribution in [0, 0.1) is 5.92 Å². The number of rotatable bonds is 5. The number of carboxylic acid groups (broad SMARTS) is 1. The lowest BCUT2D eigenvalue weighted by atomic mass is 9.86. The first kappa shape index (κ1) is 14.8. The Hall–Kier alpha value is -1.24. The maximum Gasteiger partial charge on any atom is 0.332 e. The van der Waals surface area contributed by atoms with Crippen molar-refractivity contribution in [2.24, 2.45) is 5.92 Å². The van der Waals surface area contributed by atoms with Gasteiger partial charge in [0, 0.05) is 31.7 Å².